The van der Waals surface area contributed by atoms with Gasteiger partial charge in [0.1, 0.15) is 5.60 Å². The molecule has 0 bridgehead atoms. The molecular weight excluding hydrogens is 720 g/mol. The van der Waals surface area contributed by atoms with Crippen LogP contribution in [0.3, 0.4) is 0 Å². The van der Waals surface area contributed by atoms with Crippen LogP contribution < -0.4 is 118 Å². The van der Waals surface area contributed by atoms with E-state index in [4.69, 9.17) is 9.47 Å². The van der Waals surface area contributed by atoms with Gasteiger partial charge in [-0.15, -0.1) is 0 Å². The zero-order chi connectivity index (χ0) is 30.9. The van der Waals surface area contributed by atoms with Crippen LogP contribution in [0.5, 0.6) is 0 Å². The van der Waals surface area contributed by atoms with Crippen LogP contribution in [0, 0.1) is 0 Å². The van der Waals surface area contributed by atoms with Gasteiger partial charge >= 0.3 is 118 Å². The summed E-state index contributed by atoms with van der Waals surface area (Å²) in [7, 11) is -11.9. The first-order chi connectivity index (χ1) is 18.1. The maximum Gasteiger partial charge on any atom is 1.00 e. The molecule has 0 aromatic heterocycles. The molecule has 0 radical (unpaired) electrons. The molecule has 4 atom stereocenters. The van der Waals surface area contributed by atoms with Gasteiger partial charge in [0.25, 0.3) is 0 Å². The Morgan fingerprint density at radius 1 is 0.841 bits per heavy atom. The van der Waals surface area contributed by atoms with E-state index < -0.39 is 75.3 Å². The van der Waals surface area contributed by atoms with Crippen LogP contribution in [0.15, 0.2) is 0 Å². The molecule has 2 aliphatic heterocycles. The summed E-state index contributed by atoms with van der Waals surface area (Å²) in [5.41, 5.74) is -3.10. The Morgan fingerprint density at radius 2 is 1.32 bits per heavy atom. The number of rotatable bonds is 13. The first kappa shape index (κ1) is 54.4. The number of methoxy groups -OCH3 is 1. The summed E-state index contributed by atoms with van der Waals surface area (Å²) in [5.74, 6) is -1.43. The van der Waals surface area contributed by atoms with Gasteiger partial charge in [-0.25, -0.2) is 25.3 Å². The molecule has 1 aliphatic carbocycles. The molecule has 0 spiro atoms. The van der Waals surface area contributed by atoms with Gasteiger partial charge in [-0.3, -0.25) is 8.39 Å². The van der Waals surface area contributed by atoms with Gasteiger partial charge in [0.2, 0.25) is 10.4 Å². The minimum absolute atomic E-state index is 0. The van der Waals surface area contributed by atoms with E-state index in [0.29, 0.717) is 38.9 Å². The van der Waals surface area contributed by atoms with Crippen LogP contribution in [0.1, 0.15) is 44.9 Å². The predicted molar refractivity (Wildman–Crippen MR) is 131 cm³/mol. The van der Waals surface area contributed by atoms with E-state index in [9.17, 15) is 57.9 Å². The van der Waals surface area contributed by atoms with Crippen LogP contribution in [0.25, 0.3) is 0 Å². The minimum Gasteiger partial charge on any atom is -0.772 e. The third-order valence-corrected chi connectivity index (χ3v) is 9.21. The molecule has 25 heteroatoms. The first-order valence-corrected chi connectivity index (χ1v) is 17.4. The van der Waals surface area contributed by atoms with E-state index >= 15 is 0 Å². The van der Waals surface area contributed by atoms with Gasteiger partial charge < -0.3 is 42.6 Å². The average Bonchev–Trinajstić information content (AvgIpc) is 3.13. The normalized spacial score (nSPS) is 25.1. The fraction of sp³-hybridized carbons (Fsp3) is 1.00. The van der Waals surface area contributed by atoms with Crippen LogP contribution >= 0.6 is 0 Å². The van der Waals surface area contributed by atoms with Gasteiger partial charge in [0.15, 0.2) is 0 Å². The zero-order valence-corrected chi connectivity index (χ0v) is 36.9. The maximum absolute atomic E-state index is 10.8. The first-order valence-electron chi connectivity index (χ1n) is 11.8. The number of hydrogen-bond acceptors (Lipinski definition) is 17. The quantitative estimate of drug-likeness (QED) is 0.0764. The van der Waals surface area contributed by atoms with Crippen molar-refractivity contribution in [2.24, 2.45) is 0 Å². The Bertz CT molecular complexity index is 1140. The molecule has 2 heterocycles. The molecule has 0 aromatic rings. The van der Waals surface area contributed by atoms with E-state index in [0.717, 1.165) is 0 Å². The van der Waals surface area contributed by atoms with Crippen molar-refractivity contribution < 1.29 is 195 Å². The van der Waals surface area contributed by atoms with Crippen molar-refractivity contribution in [1.29, 1.82) is 0 Å². The molecule has 240 valence electrons. The second-order valence-corrected chi connectivity index (χ2v) is 15.0. The Balaban J connectivity index is -0.000000265. The molecule has 0 amide bonds. The topological polar surface area (TPSA) is 289 Å². The number of aliphatic hydroxyl groups is 2. The van der Waals surface area contributed by atoms with Crippen molar-refractivity contribution in [2.75, 3.05) is 51.6 Å². The van der Waals surface area contributed by atoms with E-state index in [1.165, 1.54) is 7.11 Å². The second kappa shape index (κ2) is 24.0. The molecule has 2 saturated heterocycles. The summed E-state index contributed by atoms with van der Waals surface area (Å²) in [5, 5.41) is 18.1. The predicted octanol–water partition coefficient (Wildman–Crippen LogP) is -14.6. The summed E-state index contributed by atoms with van der Waals surface area (Å²) >= 11 is -2.72. The molecule has 0 aromatic carbocycles. The molecule has 1 saturated carbocycles. The van der Waals surface area contributed by atoms with Gasteiger partial charge in [-0.2, -0.15) is 0 Å². The molecular formula is C19H34Na4O17S4. The minimum atomic E-state index is -4.63. The molecule has 2 N–H and O–H groups in total. The summed E-state index contributed by atoms with van der Waals surface area (Å²) in [6.45, 7) is 1.15. The molecule has 3 aliphatic rings. The molecule has 17 nitrogen and oxygen atoms in total. The number of ether oxygens (including phenoxy) is 3. The Labute approximate surface area is 349 Å². The summed E-state index contributed by atoms with van der Waals surface area (Å²) < 4.78 is 133. The van der Waals surface area contributed by atoms with E-state index in [-0.39, 0.29) is 157 Å². The molecule has 44 heavy (non-hydrogen) atoms. The van der Waals surface area contributed by atoms with E-state index in [1.807, 2.05) is 0 Å². The van der Waals surface area contributed by atoms with Crippen LogP contribution in [-0.4, -0.2) is 132 Å². The van der Waals surface area contributed by atoms with Crippen LogP contribution in [-0.2, 0) is 60.1 Å². The second-order valence-electron chi connectivity index (χ2n) is 9.84. The van der Waals surface area contributed by atoms with Gasteiger partial charge in [0, 0.05) is 44.2 Å². The van der Waals surface area contributed by atoms with E-state index in [1.54, 1.807) is 0 Å². The molecule has 3 fully saturated rings. The Hall–Kier alpha value is 3.60. The van der Waals surface area contributed by atoms with Crippen molar-refractivity contribution in [3.8, 4) is 0 Å². The smallest absolute Gasteiger partial charge is 0.772 e. The zero-order valence-electron chi connectivity index (χ0n) is 25.6. The van der Waals surface area contributed by atoms with Crippen LogP contribution in [0.2, 0.25) is 0 Å². The van der Waals surface area contributed by atoms with Crippen molar-refractivity contribution in [2.45, 2.75) is 67.0 Å². The van der Waals surface area contributed by atoms with Gasteiger partial charge in [0.05, 0.1) is 57.0 Å². The SMILES string of the molecule is COCC1(OS(=O)(=O)[O-])CC1.O=S(=O)([O-])CCCC1(O)CCOC1.O=S([O-])C(CC1(O)CCOC1)CS(=O)(=O)[O-].[Na+].[Na+].[Na+].[Na+]. The molecule has 3 rings (SSSR count). The third kappa shape index (κ3) is 26.4. The monoisotopic (exact) mass is 754 g/mol. The van der Waals surface area contributed by atoms with Crippen molar-refractivity contribution >= 4 is 41.7 Å². The van der Waals surface area contributed by atoms with Crippen LogP contribution in [0.4, 0.5) is 0 Å². The van der Waals surface area contributed by atoms with Gasteiger partial charge in [-0.1, -0.05) is 11.1 Å². The van der Waals surface area contributed by atoms with Crippen molar-refractivity contribution in [3.05, 3.63) is 0 Å². The fourth-order valence-corrected chi connectivity index (χ4v) is 6.94. The van der Waals surface area contributed by atoms with Crippen molar-refractivity contribution in [1.82, 2.24) is 0 Å². The summed E-state index contributed by atoms with van der Waals surface area (Å²) in [4.78, 5) is 0. The Kier molecular flexibility index (Phi) is 29.6. The van der Waals surface area contributed by atoms with Gasteiger partial charge in [-0.05, 0) is 32.1 Å². The summed E-state index contributed by atoms with van der Waals surface area (Å²) in [6.07, 6.45) is 2.11. The standard InChI is InChI=1S/C7H14O7S2.C7H14O5S.C5H10O5S.4Na/c8-7(1-2-14-5-7)3-6(15(9)10)4-16(11,12)13;8-7(3-4-12-6-7)2-1-5-13(9,10)11;1-9-4-5(2-3-5)10-11(6,7)8;;;;/h6,8H,1-5H2,(H,9,10)(H,11,12,13);8H,1-6H2,(H,9,10,11);2-4H2,1H3,(H,6,7,8);;;;/q;;;4*+1/p-4. The van der Waals surface area contributed by atoms with Crippen molar-refractivity contribution in [3.63, 3.8) is 0 Å². The third-order valence-electron chi connectivity index (χ3n) is 5.97. The number of hydrogen-bond donors (Lipinski definition) is 2. The van der Waals surface area contributed by atoms with E-state index in [2.05, 4.69) is 8.92 Å². The summed E-state index contributed by atoms with van der Waals surface area (Å²) in [6, 6.07) is 0. The fourth-order valence-electron chi connectivity index (χ4n) is 3.83. The average molecular weight is 755 g/mol. The largest absolute Gasteiger partial charge is 1.00 e. The molecule has 4 unspecified atom stereocenters. The maximum atomic E-state index is 10.8. The Morgan fingerprint density at radius 3 is 1.64 bits per heavy atom.